The number of aryl methyl sites for hydroxylation is 1. The van der Waals surface area contributed by atoms with Crippen molar-refractivity contribution in [2.45, 2.75) is 6.92 Å². The average Bonchev–Trinajstić information content (AvgIpc) is 3.48. The van der Waals surface area contributed by atoms with Crippen molar-refractivity contribution in [3.63, 3.8) is 0 Å². The van der Waals surface area contributed by atoms with Gasteiger partial charge in [-0.3, -0.25) is 0 Å². The number of rotatable bonds is 5. The Morgan fingerprint density at radius 1 is 0.383 bits per heavy atom. The van der Waals surface area contributed by atoms with Gasteiger partial charge in [-0.1, -0.05) is 121 Å². The van der Waals surface area contributed by atoms with Crippen LogP contribution in [0.1, 0.15) is 5.56 Å². The minimum Gasteiger partial charge on any atom is -0.456 e. The number of furan rings is 1. The zero-order valence-electron chi connectivity index (χ0n) is 26.0. The summed E-state index contributed by atoms with van der Waals surface area (Å²) in [6.07, 6.45) is 0. The van der Waals surface area contributed by atoms with Gasteiger partial charge in [-0.25, -0.2) is 0 Å². The second kappa shape index (κ2) is 11.0. The Balaban J connectivity index is 1.15. The average molecular weight is 602 g/mol. The molecule has 0 N–H and O–H groups in total. The maximum Gasteiger partial charge on any atom is 0.138 e. The minimum atomic E-state index is 0.908. The molecule has 0 saturated heterocycles. The largest absolute Gasteiger partial charge is 0.456 e. The van der Waals surface area contributed by atoms with Crippen LogP contribution in [-0.4, -0.2) is 0 Å². The van der Waals surface area contributed by atoms with Crippen molar-refractivity contribution >= 4 is 60.3 Å². The summed E-state index contributed by atoms with van der Waals surface area (Å²) >= 11 is 0. The van der Waals surface area contributed by atoms with Crippen LogP contribution in [-0.2, 0) is 0 Å². The molecule has 0 bridgehead atoms. The third-order valence-electron chi connectivity index (χ3n) is 9.41. The van der Waals surface area contributed by atoms with Crippen molar-refractivity contribution in [2.75, 3.05) is 4.90 Å². The monoisotopic (exact) mass is 601 g/mol. The first kappa shape index (κ1) is 27.2. The van der Waals surface area contributed by atoms with Gasteiger partial charge in [0.05, 0.1) is 0 Å². The van der Waals surface area contributed by atoms with Gasteiger partial charge >= 0.3 is 0 Å². The molecular formula is C45H31NO. The van der Waals surface area contributed by atoms with E-state index in [1.165, 1.54) is 43.4 Å². The number of fused-ring (bicyclic) bond motifs is 5. The summed E-state index contributed by atoms with van der Waals surface area (Å²) in [7, 11) is 0. The van der Waals surface area contributed by atoms with Gasteiger partial charge < -0.3 is 9.32 Å². The van der Waals surface area contributed by atoms with E-state index in [1.807, 2.05) is 12.1 Å². The number of hydrogen-bond donors (Lipinski definition) is 0. The van der Waals surface area contributed by atoms with E-state index in [-0.39, 0.29) is 0 Å². The molecule has 1 heterocycles. The standard InChI is InChI=1S/C45H31NO/c1-30-41-14-6-7-16-44(41)47-45(30)37-12-8-13-39(29-37)46(40-25-21-31-9-2-3-11-34(31)28-40)38-23-19-32(20-24-38)35-22-26-43-36(27-35)18-17-33-10-4-5-15-42(33)43/h2-29H,1H3. The van der Waals surface area contributed by atoms with E-state index >= 15 is 0 Å². The second-order valence-corrected chi connectivity index (χ2v) is 12.2. The lowest BCUT2D eigenvalue weighted by atomic mass is 9.97. The first-order valence-corrected chi connectivity index (χ1v) is 16.1. The summed E-state index contributed by atoms with van der Waals surface area (Å²) < 4.78 is 6.39. The van der Waals surface area contributed by atoms with Crippen molar-refractivity contribution in [1.29, 1.82) is 0 Å². The smallest absolute Gasteiger partial charge is 0.138 e. The predicted octanol–water partition coefficient (Wildman–Crippen LogP) is 13.0. The Kier molecular flexibility index (Phi) is 6.39. The minimum absolute atomic E-state index is 0.908. The summed E-state index contributed by atoms with van der Waals surface area (Å²) in [5.74, 6) is 0.908. The van der Waals surface area contributed by atoms with Crippen LogP contribution in [0.5, 0.6) is 0 Å². The van der Waals surface area contributed by atoms with Crippen LogP contribution in [0, 0.1) is 6.92 Å². The van der Waals surface area contributed by atoms with Crippen molar-refractivity contribution in [3.05, 3.63) is 175 Å². The SMILES string of the molecule is Cc1c(-c2cccc(N(c3ccc(-c4ccc5c(ccc6ccccc65)c4)cc3)c3ccc4ccccc4c3)c2)oc2ccccc12. The molecule has 0 fully saturated rings. The van der Waals surface area contributed by atoms with Crippen LogP contribution in [0.3, 0.4) is 0 Å². The summed E-state index contributed by atoms with van der Waals surface area (Å²) in [5.41, 5.74) is 8.79. The number of anilines is 3. The van der Waals surface area contributed by atoms with Gasteiger partial charge in [0, 0.05) is 33.6 Å². The third kappa shape index (κ3) is 4.74. The molecule has 0 radical (unpaired) electrons. The molecule has 9 rings (SSSR count). The molecule has 0 spiro atoms. The molecule has 0 amide bonds. The quantitative estimate of drug-likeness (QED) is 0.182. The highest BCUT2D eigenvalue weighted by Gasteiger charge is 2.17. The molecule has 1 aromatic heterocycles. The molecule has 0 aliphatic heterocycles. The van der Waals surface area contributed by atoms with Crippen molar-refractivity contribution in [3.8, 4) is 22.5 Å². The van der Waals surface area contributed by atoms with Crippen molar-refractivity contribution in [1.82, 2.24) is 0 Å². The summed E-state index contributed by atoms with van der Waals surface area (Å²) in [6, 6.07) is 60.9. The van der Waals surface area contributed by atoms with Crippen molar-refractivity contribution < 1.29 is 4.42 Å². The molecule has 0 saturated carbocycles. The van der Waals surface area contributed by atoms with Crippen molar-refractivity contribution in [2.24, 2.45) is 0 Å². The van der Waals surface area contributed by atoms with Crippen LogP contribution >= 0.6 is 0 Å². The zero-order chi connectivity index (χ0) is 31.3. The predicted molar refractivity (Wildman–Crippen MR) is 199 cm³/mol. The molecule has 0 atom stereocenters. The van der Waals surface area contributed by atoms with E-state index in [4.69, 9.17) is 4.42 Å². The number of nitrogens with zero attached hydrogens (tertiary/aromatic N) is 1. The normalized spacial score (nSPS) is 11.5. The van der Waals surface area contributed by atoms with E-state index in [2.05, 4.69) is 170 Å². The van der Waals surface area contributed by atoms with Crippen LogP contribution in [0.4, 0.5) is 17.1 Å². The van der Waals surface area contributed by atoms with Crippen LogP contribution in [0.25, 0.3) is 65.7 Å². The topological polar surface area (TPSA) is 16.4 Å². The van der Waals surface area contributed by atoms with Gasteiger partial charge in [-0.2, -0.15) is 0 Å². The third-order valence-corrected chi connectivity index (χ3v) is 9.41. The van der Waals surface area contributed by atoms with Crippen LogP contribution < -0.4 is 4.90 Å². The van der Waals surface area contributed by atoms with E-state index in [1.54, 1.807) is 0 Å². The molecule has 9 aromatic rings. The fourth-order valence-electron chi connectivity index (χ4n) is 6.99. The summed E-state index contributed by atoms with van der Waals surface area (Å²) in [6.45, 7) is 2.14. The molecule has 0 aliphatic carbocycles. The molecule has 0 aliphatic rings. The highest BCUT2D eigenvalue weighted by molar-refractivity contribution is 6.08. The highest BCUT2D eigenvalue weighted by Crippen LogP contribution is 2.40. The Labute approximate surface area is 273 Å². The van der Waals surface area contributed by atoms with E-state index in [0.29, 0.717) is 0 Å². The van der Waals surface area contributed by atoms with Crippen LogP contribution in [0.2, 0.25) is 0 Å². The lowest BCUT2D eigenvalue weighted by Crippen LogP contribution is -2.10. The Morgan fingerprint density at radius 3 is 1.87 bits per heavy atom. The Bertz CT molecular complexity index is 2590. The Morgan fingerprint density at radius 2 is 1.02 bits per heavy atom. The van der Waals surface area contributed by atoms with Gasteiger partial charge in [0.1, 0.15) is 11.3 Å². The van der Waals surface area contributed by atoms with Gasteiger partial charge in [0.2, 0.25) is 0 Å². The lowest BCUT2D eigenvalue weighted by molar-refractivity contribution is 0.629. The second-order valence-electron chi connectivity index (χ2n) is 12.2. The lowest BCUT2D eigenvalue weighted by Gasteiger charge is -2.26. The first-order chi connectivity index (χ1) is 23.2. The van der Waals surface area contributed by atoms with E-state index in [0.717, 1.165) is 44.9 Å². The highest BCUT2D eigenvalue weighted by atomic mass is 16.3. The van der Waals surface area contributed by atoms with E-state index in [9.17, 15) is 0 Å². The molecular weight excluding hydrogens is 571 g/mol. The summed E-state index contributed by atoms with van der Waals surface area (Å²) in [5, 5.41) is 8.67. The number of benzene rings is 8. The molecule has 47 heavy (non-hydrogen) atoms. The fourth-order valence-corrected chi connectivity index (χ4v) is 6.99. The molecule has 2 heteroatoms. The van der Waals surface area contributed by atoms with E-state index < -0.39 is 0 Å². The number of hydrogen-bond acceptors (Lipinski definition) is 2. The summed E-state index contributed by atoms with van der Waals surface area (Å²) in [4.78, 5) is 2.34. The van der Waals surface area contributed by atoms with Crippen LogP contribution in [0.15, 0.2) is 174 Å². The molecule has 8 aromatic carbocycles. The first-order valence-electron chi connectivity index (χ1n) is 16.1. The fraction of sp³-hybridized carbons (Fsp3) is 0.0222. The molecule has 0 unspecified atom stereocenters. The molecule has 222 valence electrons. The zero-order valence-corrected chi connectivity index (χ0v) is 26.0. The van der Waals surface area contributed by atoms with Gasteiger partial charge in [0.15, 0.2) is 0 Å². The molecule has 2 nitrogen and oxygen atoms in total. The maximum absolute atomic E-state index is 6.39. The van der Waals surface area contributed by atoms with Gasteiger partial charge in [-0.05, 0) is 98.9 Å². The van der Waals surface area contributed by atoms with Gasteiger partial charge in [-0.15, -0.1) is 0 Å². The maximum atomic E-state index is 6.39. The van der Waals surface area contributed by atoms with Gasteiger partial charge in [0.25, 0.3) is 0 Å². The number of para-hydroxylation sites is 1. The Hall–Kier alpha value is -6.12.